The first-order valence-electron chi connectivity index (χ1n) is 44.1. The number of hydrogen-bond donors (Lipinski definition) is 3. The number of rotatable bonds is 20. The summed E-state index contributed by atoms with van der Waals surface area (Å²) >= 11 is 0. The number of aromatic hydroxyl groups is 3. The number of hydrogen-bond acceptors (Lipinski definition) is 25. The Morgan fingerprint density at radius 2 is 0.870 bits per heavy atom. The van der Waals surface area contributed by atoms with Crippen molar-refractivity contribution in [3.63, 3.8) is 0 Å². The van der Waals surface area contributed by atoms with Crippen LogP contribution in [0.25, 0.3) is 32.3 Å². The van der Waals surface area contributed by atoms with E-state index >= 15 is 0 Å². The number of anilines is 6. The highest BCUT2D eigenvalue weighted by atomic mass is 16.5. The Labute approximate surface area is 721 Å². The monoisotopic (exact) mass is 1670 g/mol. The molecule has 123 heavy (non-hydrogen) atoms. The van der Waals surface area contributed by atoms with Gasteiger partial charge in [-0.25, -0.2) is 0 Å². The number of likely N-dealkylation sites (tertiary alicyclic amines) is 2. The van der Waals surface area contributed by atoms with Gasteiger partial charge < -0.3 is 93.1 Å². The number of morpholine rings is 1. The highest BCUT2D eigenvalue weighted by Gasteiger charge is 2.38. The molecule has 3 amide bonds. The lowest BCUT2D eigenvalue weighted by atomic mass is 10.00. The van der Waals surface area contributed by atoms with Crippen molar-refractivity contribution in [2.75, 3.05) is 201 Å². The van der Waals surface area contributed by atoms with Crippen LogP contribution < -0.4 is 43.6 Å². The Kier molecular flexibility index (Phi) is 26.9. The number of amides is 3. The minimum atomic E-state index is -0.0418. The molecule has 0 bridgehead atoms. The molecule has 9 aliphatic heterocycles. The van der Waals surface area contributed by atoms with Crippen molar-refractivity contribution in [1.29, 1.82) is 0 Å². The van der Waals surface area contributed by atoms with Gasteiger partial charge in [-0.05, 0) is 152 Å². The normalized spacial score (nSPS) is 20.3. The van der Waals surface area contributed by atoms with E-state index in [9.17, 15) is 29.7 Å². The number of phenols is 3. The van der Waals surface area contributed by atoms with Gasteiger partial charge in [0.25, 0.3) is 0 Å². The van der Waals surface area contributed by atoms with Crippen LogP contribution in [-0.4, -0.2) is 282 Å². The minimum Gasteiger partial charge on any atom is -0.508 e. The first-order chi connectivity index (χ1) is 59.9. The van der Waals surface area contributed by atoms with Crippen LogP contribution >= 0.6 is 0 Å². The second-order valence-electron chi connectivity index (χ2n) is 34.2. The molecule has 0 spiro atoms. The van der Waals surface area contributed by atoms with Crippen LogP contribution in [0.15, 0.2) is 147 Å². The Morgan fingerprint density at radius 3 is 1.31 bits per heavy atom. The lowest BCUT2D eigenvalue weighted by Crippen LogP contribution is -2.58. The van der Waals surface area contributed by atoms with Crippen molar-refractivity contribution in [3.05, 3.63) is 181 Å². The highest BCUT2D eigenvalue weighted by Crippen LogP contribution is 2.42. The third-order valence-corrected chi connectivity index (χ3v) is 25.6. The van der Waals surface area contributed by atoms with Gasteiger partial charge in [0.1, 0.15) is 47.4 Å². The fourth-order valence-corrected chi connectivity index (χ4v) is 19.3. The summed E-state index contributed by atoms with van der Waals surface area (Å²) in [4.78, 5) is 93.0. The first-order valence-corrected chi connectivity index (χ1v) is 44.1. The van der Waals surface area contributed by atoms with Crippen LogP contribution in [0.4, 0.5) is 34.5 Å². The highest BCUT2D eigenvalue weighted by molar-refractivity contribution is 5.98. The molecule has 1 unspecified atom stereocenters. The van der Waals surface area contributed by atoms with Crippen molar-refractivity contribution < 1.29 is 48.7 Å². The summed E-state index contributed by atoms with van der Waals surface area (Å²) < 4.78 is 24.6. The standard InChI is InChI=1S/C34H44N6O3.C31H38N6O3.C30H36N6O4/c1-4-32(42)40-24(2)21-39(22-25(40)3)33-29-13-17-38(31-20-27(41)19-26-11-6-7-12-28(26)31)23-30(29)35-34(36-33)43-18-10-16-37-14-8-5-9-15-37;1-3-29(39)35-13-15-36(16-14-35)30-26-10-12-37(28-18-24(38)17-23-8-4-5-9-25(23)28)20-27(26)32-31(33-30)40-21-22-7-6-11-34(2)19-22;1-3-28(38)34-10-12-35(13-11-34)29-25-8-9-36(27-17-22(37)16-21-6-4-5-7-24(21)27)19-26(25)31-30(32-29)40-20-23-18-33(2)14-15-39-23/h4,6-7,11-12,19-20,24-25,41H,1,5,8-10,13-18,21-23H2,2-3H3;3-5,8-9,17-18,22,38H,1,6-7,10-16,19-21H2,2H3;3-7,16-17,23,37H,1,8-15,18-20H2,2H3/t24-,25+;22-;/m.1./s1. The number of carbonyl (C=O) groups is 3. The van der Waals surface area contributed by atoms with E-state index in [1.807, 2.05) is 99.6 Å². The zero-order valence-electron chi connectivity index (χ0n) is 71.8. The van der Waals surface area contributed by atoms with Crippen LogP contribution in [0.3, 0.4) is 0 Å². The second kappa shape index (κ2) is 38.9. The number of fused-ring (bicyclic) bond motifs is 6. The number of aromatic nitrogens is 6. The Hall–Kier alpha value is -11.6. The van der Waals surface area contributed by atoms with Crippen molar-refractivity contribution in [2.45, 2.75) is 109 Å². The Morgan fingerprint density at radius 1 is 0.447 bits per heavy atom. The average Bonchev–Trinajstić information content (AvgIpc) is 0.770. The van der Waals surface area contributed by atoms with Crippen LogP contribution in [0.2, 0.25) is 0 Å². The molecule has 9 aromatic rings. The molecule has 0 aliphatic carbocycles. The lowest BCUT2D eigenvalue weighted by Gasteiger charge is -2.45. The molecule has 28 nitrogen and oxygen atoms in total. The van der Waals surface area contributed by atoms with E-state index < -0.39 is 0 Å². The van der Waals surface area contributed by atoms with Gasteiger partial charge in [0.2, 0.25) is 17.7 Å². The van der Waals surface area contributed by atoms with Crippen LogP contribution in [-0.2, 0) is 58.0 Å². The minimum absolute atomic E-state index is 0.0209. The van der Waals surface area contributed by atoms with Crippen molar-refractivity contribution >= 4 is 84.6 Å². The fraction of sp³-hybridized carbons (Fsp3) is 0.463. The van der Waals surface area contributed by atoms with Gasteiger partial charge in [-0.15, -0.1) is 0 Å². The molecule has 18 rings (SSSR count). The number of nitrogens with zero attached hydrogens (tertiary/aromatic N) is 18. The summed E-state index contributed by atoms with van der Waals surface area (Å²) in [7, 11) is 4.25. The van der Waals surface area contributed by atoms with Crippen LogP contribution in [0.5, 0.6) is 35.3 Å². The van der Waals surface area contributed by atoms with Crippen LogP contribution in [0.1, 0.15) is 86.1 Å². The lowest BCUT2D eigenvalue weighted by molar-refractivity contribution is -0.130. The predicted molar refractivity (Wildman–Crippen MR) is 482 cm³/mol. The molecule has 6 saturated heterocycles. The van der Waals surface area contributed by atoms with Gasteiger partial charge in [0.05, 0.1) is 56.5 Å². The maximum Gasteiger partial charge on any atom is 0.318 e. The van der Waals surface area contributed by atoms with E-state index in [-0.39, 0.29) is 53.2 Å². The quantitative estimate of drug-likeness (QED) is 0.0473. The summed E-state index contributed by atoms with van der Waals surface area (Å²) in [6, 6.07) is 36.6. The van der Waals surface area contributed by atoms with Gasteiger partial charge in [0.15, 0.2) is 0 Å². The topological polar surface area (TPSA) is 265 Å². The van der Waals surface area contributed by atoms with Crippen molar-refractivity contribution in [1.82, 2.24) is 59.3 Å². The average molecular weight is 1670 g/mol. The van der Waals surface area contributed by atoms with E-state index in [1.54, 1.807) is 6.07 Å². The second-order valence-corrected chi connectivity index (χ2v) is 34.2. The third-order valence-electron chi connectivity index (χ3n) is 25.6. The van der Waals surface area contributed by atoms with E-state index in [2.05, 4.69) is 110 Å². The summed E-state index contributed by atoms with van der Waals surface area (Å²) in [5.74, 6) is 3.85. The van der Waals surface area contributed by atoms with Gasteiger partial charge in [-0.1, -0.05) is 99.0 Å². The van der Waals surface area contributed by atoms with Gasteiger partial charge in [0, 0.05) is 197 Å². The predicted octanol–water partition coefficient (Wildman–Crippen LogP) is 10.7. The Balaban J connectivity index is 0.000000137. The molecule has 0 radical (unpaired) electrons. The Bertz CT molecular complexity index is 5080. The molecule has 0 saturated carbocycles. The molecule has 648 valence electrons. The molecule has 3 N–H and O–H groups in total. The molecular weight excluding hydrogens is 1550 g/mol. The smallest absolute Gasteiger partial charge is 0.318 e. The van der Waals surface area contributed by atoms with Gasteiger partial charge in [-0.2, -0.15) is 29.9 Å². The maximum atomic E-state index is 12.6. The number of ether oxygens (including phenoxy) is 4. The number of carbonyl (C=O) groups excluding carboxylic acids is 3. The number of piperazine rings is 3. The molecule has 28 heteroatoms. The number of piperidine rings is 2. The maximum absolute atomic E-state index is 12.6. The zero-order chi connectivity index (χ0) is 85.2. The number of phenolic OH excluding ortho intramolecular Hbond substituents is 3. The van der Waals surface area contributed by atoms with Gasteiger partial charge >= 0.3 is 18.0 Å². The van der Waals surface area contributed by atoms with Crippen molar-refractivity contribution in [2.24, 2.45) is 5.92 Å². The molecule has 3 aromatic heterocycles. The molecule has 9 aliphatic rings. The fourth-order valence-electron chi connectivity index (χ4n) is 19.3. The number of likely N-dealkylation sites (N-methyl/N-ethyl adjacent to an activating group) is 1. The van der Waals surface area contributed by atoms with Gasteiger partial charge in [-0.3, -0.25) is 14.4 Å². The van der Waals surface area contributed by atoms with E-state index in [4.69, 9.17) is 48.9 Å². The summed E-state index contributed by atoms with van der Waals surface area (Å²) in [5, 5.41) is 37.8. The molecule has 6 aromatic carbocycles. The third kappa shape index (κ3) is 19.9. The largest absolute Gasteiger partial charge is 0.508 e. The number of benzene rings is 6. The van der Waals surface area contributed by atoms with E-state index in [1.165, 1.54) is 57.0 Å². The molecular formula is C95H118N18O10. The first kappa shape index (κ1) is 85.0. The van der Waals surface area contributed by atoms with Crippen molar-refractivity contribution in [3.8, 4) is 35.3 Å². The molecule has 4 atom stereocenters. The summed E-state index contributed by atoms with van der Waals surface area (Å²) in [6.45, 7) is 35.4. The molecule has 12 heterocycles. The van der Waals surface area contributed by atoms with Crippen LogP contribution in [0, 0.1) is 5.92 Å². The summed E-state index contributed by atoms with van der Waals surface area (Å²) in [5.41, 5.74) is 9.24. The molecule has 6 fully saturated rings. The summed E-state index contributed by atoms with van der Waals surface area (Å²) in [6.07, 6.45) is 13.6. The van der Waals surface area contributed by atoms with E-state index in [0.717, 1.165) is 185 Å². The zero-order valence-corrected chi connectivity index (χ0v) is 71.8. The SMILES string of the molecule is C=CC(=O)N1CCN(c2nc(OCC3CN(C)CCO3)nc3c2CCN(c2cc(O)cc4ccccc24)C3)CC1.C=CC(=O)N1CCN(c2nc(OC[C@@H]3CCCN(C)C3)nc3c2CCN(c2cc(O)cc4ccccc24)C3)CC1.C=CC(=O)N1[C@H](C)CN(c2nc(OCCCN3CCCCC3)nc3c2CCN(c2cc(O)cc4ccccc24)C3)C[C@@H]1C. The van der Waals surface area contributed by atoms with E-state index in [0.29, 0.717) is 135 Å².